The third-order valence-electron chi connectivity index (χ3n) is 5.59. The highest BCUT2D eigenvalue weighted by molar-refractivity contribution is 5.85. The van der Waals surface area contributed by atoms with Gasteiger partial charge in [-0.25, -0.2) is 0 Å². The lowest BCUT2D eigenvalue weighted by Gasteiger charge is -2.19. The Morgan fingerprint density at radius 1 is 1.00 bits per heavy atom. The van der Waals surface area contributed by atoms with Gasteiger partial charge in [-0.3, -0.25) is 4.79 Å². The van der Waals surface area contributed by atoms with Crippen molar-refractivity contribution in [2.75, 3.05) is 13.1 Å². The molecule has 0 amide bonds. The molecule has 5 nitrogen and oxygen atoms in total. The monoisotopic (exact) mass is 482 g/mol. The van der Waals surface area contributed by atoms with Gasteiger partial charge in [0, 0.05) is 0 Å². The van der Waals surface area contributed by atoms with E-state index in [0.717, 1.165) is 15.7 Å². The van der Waals surface area contributed by atoms with Crippen LogP contribution in [-0.2, 0) is 12.7 Å². The third-order valence-corrected chi connectivity index (χ3v) is 5.59. The summed E-state index contributed by atoms with van der Waals surface area (Å²) in [6, 6.07) is 14.5. The molecular formula is C27H23F3NO4+. The van der Waals surface area contributed by atoms with Crippen molar-refractivity contribution < 1.29 is 32.3 Å². The lowest BCUT2D eigenvalue weighted by atomic mass is 10.1. The van der Waals surface area contributed by atoms with Gasteiger partial charge in [-0.2, -0.15) is 13.2 Å². The number of hydrogen-bond donors (Lipinski definition) is 2. The van der Waals surface area contributed by atoms with Crippen LogP contribution in [0.5, 0.6) is 17.2 Å². The maximum atomic E-state index is 14.0. The molecule has 0 aliphatic heterocycles. The number of aromatic hydroxyl groups is 1. The molecule has 0 saturated heterocycles. The minimum atomic E-state index is -5.02. The molecule has 180 valence electrons. The largest absolute Gasteiger partial charge is 0.507 e. The average molecular weight is 482 g/mol. The van der Waals surface area contributed by atoms with Gasteiger partial charge >= 0.3 is 6.18 Å². The molecule has 0 radical (unpaired) electrons. The van der Waals surface area contributed by atoms with E-state index in [9.17, 15) is 23.1 Å². The predicted molar refractivity (Wildman–Crippen MR) is 128 cm³/mol. The van der Waals surface area contributed by atoms with E-state index < -0.39 is 23.1 Å². The standard InChI is InChI=1S/C27H22F3NO4/c1-3-13-31(14-4-2)16-21-22(32)12-11-20-23(33)25(26(27(28,29)30)35-24(20)21)34-19-10-9-17-7-5-6-8-18(17)15-19/h3-12,15,32H,1-2,13-14,16H2/p+1. The first-order valence-electron chi connectivity index (χ1n) is 10.8. The van der Waals surface area contributed by atoms with E-state index in [2.05, 4.69) is 13.2 Å². The number of rotatable bonds is 8. The topological polar surface area (TPSA) is 64.1 Å². The predicted octanol–water partition coefficient (Wildman–Crippen LogP) is 5.22. The third kappa shape index (κ3) is 4.93. The molecule has 4 aromatic rings. The summed E-state index contributed by atoms with van der Waals surface area (Å²) in [4.78, 5) is 14.1. The number of alkyl halides is 3. The lowest BCUT2D eigenvalue weighted by Crippen LogP contribution is -3.10. The van der Waals surface area contributed by atoms with Gasteiger partial charge in [0.15, 0.2) is 5.58 Å². The molecule has 1 heterocycles. The maximum absolute atomic E-state index is 14.0. The van der Waals surface area contributed by atoms with Crippen molar-refractivity contribution in [2.24, 2.45) is 0 Å². The summed E-state index contributed by atoms with van der Waals surface area (Å²) in [7, 11) is 0. The van der Waals surface area contributed by atoms with Crippen LogP contribution in [0.3, 0.4) is 0 Å². The van der Waals surface area contributed by atoms with Crippen LogP contribution in [0.1, 0.15) is 11.3 Å². The first-order chi connectivity index (χ1) is 16.7. The van der Waals surface area contributed by atoms with E-state index >= 15 is 0 Å². The Hall–Kier alpha value is -4.04. The quantitative estimate of drug-likeness (QED) is 0.338. The van der Waals surface area contributed by atoms with E-state index in [1.807, 2.05) is 12.1 Å². The Kier molecular flexibility index (Phi) is 6.66. The van der Waals surface area contributed by atoms with Gasteiger partial charge in [-0.1, -0.05) is 43.5 Å². The van der Waals surface area contributed by atoms with Crippen LogP contribution in [0, 0.1) is 0 Å². The number of benzene rings is 3. The van der Waals surface area contributed by atoms with Gasteiger partial charge in [0.1, 0.15) is 18.0 Å². The molecule has 0 unspecified atom stereocenters. The zero-order valence-corrected chi connectivity index (χ0v) is 18.7. The fraction of sp³-hybridized carbons (Fsp3) is 0.148. The number of phenolic OH excluding ortho intramolecular Hbond substituents is 1. The van der Waals surface area contributed by atoms with Crippen LogP contribution in [0.2, 0.25) is 0 Å². The molecule has 0 bridgehead atoms. The molecule has 35 heavy (non-hydrogen) atoms. The van der Waals surface area contributed by atoms with Gasteiger partial charge in [-0.05, 0) is 47.2 Å². The molecule has 2 N–H and O–H groups in total. The van der Waals surface area contributed by atoms with Gasteiger partial charge in [0.2, 0.25) is 11.2 Å². The number of ether oxygens (including phenoxy) is 1. The molecule has 0 aliphatic carbocycles. The Labute approximate surface area is 199 Å². The van der Waals surface area contributed by atoms with Crippen molar-refractivity contribution in [3.63, 3.8) is 0 Å². The van der Waals surface area contributed by atoms with Crippen LogP contribution in [0.15, 0.2) is 89.1 Å². The second-order valence-electron chi connectivity index (χ2n) is 8.05. The van der Waals surface area contributed by atoms with Crippen molar-refractivity contribution >= 4 is 21.7 Å². The molecule has 0 aliphatic rings. The summed E-state index contributed by atoms with van der Waals surface area (Å²) in [5.41, 5.74) is -1.23. The zero-order valence-electron chi connectivity index (χ0n) is 18.7. The molecule has 8 heteroatoms. The van der Waals surface area contributed by atoms with Crippen LogP contribution in [-0.4, -0.2) is 18.2 Å². The molecule has 0 fully saturated rings. The Balaban J connectivity index is 1.89. The molecule has 0 atom stereocenters. The zero-order chi connectivity index (χ0) is 25.2. The van der Waals surface area contributed by atoms with E-state index in [1.165, 1.54) is 18.2 Å². The first-order valence-corrected chi connectivity index (χ1v) is 10.8. The maximum Gasteiger partial charge on any atom is 0.453 e. The van der Waals surface area contributed by atoms with E-state index in [4.69, 9.17) is 9.15 Å². The summed E-state index contributed by atoms with van der Waals surface area (Å²) in [6.45, 7) is 8.38. The molecule has 4 rings (SSSR count). The SMILES string of the molecule is C=CC[NH+](CC=C)Cc1c(O)ccc2c(=O)c(Oc3ccc4ccccc4c3)c(C(F)(F)F)oc12. The van der Waals surface area contributed by atoms with Crippen LogP contribution in [0.4, 0.5) is 13.2 Å². The smallest absolute Gasteiger partial charge is 0.453 e. The summed E-state index contributed by atoms with van der Waals surface area (Å²) < 4.78 is 52.9. The van der Waals surface area contributed by atoms with Crippen molar-refractivity contribution in [1.29, 1.82) is 0 Å². The number of hydrogen-bond acceptors (Lipinski definition) is 4. The molecule has 0 spiro atoms. The fourth-order valence-corrected chi connectivity index (χ4v) is 3.97. The number of halogens is 3. The molecule has 1 aromatic heterocycles. The Bertz CT molecular complexity index is 1460. The van der Waals surface area contributed by atoms with Gasteiger partial charge < -0.3 is 19.2 Å². The van der Waals surface area contributed by atoms with E-state index in [-0.39, 0.29) is 34.6 Å². The highest BCUT2D eigenvalue weighted by atomic mass is 19.4. The second-order valence-corrected chi connectivity index (χ2v) is 8.05. The van der Waals surface area contributed by atoms with Gasteiger partial charge in [0.25, 0.3) is 5.76 Å². The van der Waals surface area contributed by atoms with E-state index in [0.29, 0.717) is 13.1 Å². The average Bonchev–Trinajstić information content (AvgIpc) is 2.82. The first kappa shape index (κ1) is 24.1. The van der Waals surface area contributed by atoms with Gasteiger partial charge in [0.05, 0.1) is 24.0 Å². The van der Waals surface area contributed by atoms with Crippen molar-refractivity contribution in [2.45, 2.75) is 12.7 Å². The van der Waals surface area contributed by atoms with Gasteiger partial charge in [-0.15, -0.1) is 0 Å². The molecule has 0 saturated carbocycles. The van der Waals surface area contributed by atoms with Crippen molar-refractivity contribution in [3.8, 4) is 17.2 Å². The van der Waals surface area contributed by atoms with E-state index in [1.54, 1.807) is 36.4 Å². The fourth-order valence-electron chi connectivity index (χ4n) is 3.97. The highest BCUT2D eigenvalue weighted by Gasteiger charge is 2.41. The summed E-state index contributed by atoms with van der Waals surface area (Å²) >= 11 is 0. The number of quaternary nitrogens is 1. The number of phenols is 1. The summed E-state index contributed by atoms with van der Waals surface area (Å²) in [5, 5.41) is 11.9. The van der Waals surface area contributed by atoms with Crippen LogP contribution < -0.4 is 15.1 Å². The summed E-state index contributed by atoms with van der Waals surface area (Å²) in [6.07, 6.45) is -1.72. The number of fused-ring (bicyclic) bond motifs is 2. The second kappa shape index (κ2) is 9.68. The molecular weight excluding hydrogens is 459 g/mol. The Morgan fingerprint density at radius 2 is 1.69 bits per heavy atom. The minimum Gasteiger partial charge on any atom is -0.507 e. The molecule has 3 aromatic carbocycles. The van der Waals surface area contributed by atoms with Crippen LogP contribution >= 0.6 is 0 Å². The van der Waals surface area contributed by atoms with Crippen LogP contribution in [0.25, 0.3) is 21.7 Å². The Morgan fingerprint density at radius 3 is 2.34 bits per heavy atom. The summed E-state index contributed by atoms with van der Waals surface area (Å²) in [5.74, 6) is -2.74. The van der Waals surface area contributed by atoms with Crippen molar-refractivity contribution in [3.05, 3.63) is 101 Å². The van der Waals surface area contributed by atoms with Crippen molar-refractivity contribution in [1.82, 2.24) is 0 Å². The number of nitrogens with one attached hydrogen (secondary N) is 1. The minimum absolute atomic E-state index is 0.0624. The lowest BCUT2D eigenvalue weighted by molar-refractivity contribution is -0.902. The highest BCUT2D eigenvalue weighted by Crippen LogP contribution is 2.40. The normalized spacial score (nSPS) is 11.8.